The zero-order chi connectivity index (χ0) is 13.3. The van der Waals surface area contributed by atoms with Gasteiger partial charge in [-0.2, -0.15) is 0 Å². The van der Waals surface area contributed by atoms with E-state index >= 15 is 0 Å². The molecule has 0 spiro atoms. The van der Waals surface area contributed by atoms with Gasteiger partial charge in [0.1, 0.15) is 4.99 Å². The molecule has 0 atom stereocenters. The van der Waals surface area contributed by atoms with Crippen LogP contribution >= 0.6 is 23.6 Å². The number of rotatable bonds is 3. The fraction of sp³-hybridized carbons (Fsp3) is 0.231. The molecule has 0 bridgehead atoms. The number of benzene rings is 1. The molecule has 0 amide bonds. The van der Waals surface area contributed by atoms with Crippen molar-refractivity contribution in [3.05, 3.63) is 55.6 Å². The second-order valence-electron chi connectivity index (χ2n) is 4.16. The van der Waals surface area contributed by atoms with Crippen molar-refractivity contribution in [2.24, 2.45) is 5.73 Å². The topological polar surface area (TPSA) is 48.0 Å². The van der Waals surface area contributed by atoms with E-state index in [0.717, 1.165) is 21.7 Å². The second-order valence-corrected chi connectivity index (χ2v) is 5.76. The largest absolute Gasteiger partial charge is 0.389 e. The van der Waals surface area contributed by atoms with Gasteiger partial charge in [0.2, 0.25) is 0 Å². The molecule has 0 aliphatic rings. The van der Waals surface area contributed by atoms with Gasteiger partial charge in [-0.3, -0.25) is 9.36 Å². The standard InChI is InChI=1S/C13H14N2OS2/c1-8-9(2)18-13(16)15(8)7-10-3-5-11(6-4-10)12(14)17/h3-6H,7H2,1-2H3,(H2,14,17). The van der Waals surface area contributed by atoms with E-state index in [2.05, 4.69) is 0 Å². The molecular formula is C13H14N2OS2. The molecule has 18 heavy (non-hydrogen) atoms. The predicted octanol–water partition coefficient (Wildman–Crippen LogP) is 2.21. The molecule has 0 fully saturated rings. The fourth-order valence-corrected chi connectivity index (χ4v) is 2.69. The third-order valence-electron chi connectivity index (χ3n) is 2.95. The van der Waals surface area contributed by atoms with Crippen LogP contribution in [0.4, 0.5) is 0 Å². The molecule has 0 saturated carbocycles. The van der Waals surface area contributed by atoms with Gasteiger partial charge in [-0.15, -0.1) is 0 Å². The first-order valence-electron chi connectivity index (χ1n) is 5.54. The summed E-state index contributed by atoms with van der Waals surface area (Å²) < 4.78 is 1.79. The van der Waals surface area contributed by atoms with Crippen LogP contribution in [-0.2, 0) is 6.54 Å². The minimum Gasteiger partial charge on any atom is -0.389 e. The molecule has 5 heteroatoms. The van der Waals surface area contributed by atoms with Crippen LogP contribution in [0.15, 0.2) is 29.1 Å². The summed E-state index contributed by atoms with van der Waals surface area (Å²) in [6, 6.07) is 7.68. The Morgan fingerprint density at radius 3 is 2.39 bits per heavy atom. The SMILES string of the molecule is Cc1sc(=O)n(Cc2ccc(C(N)=S)cc2)c1C. The van der Waals surface area contributed by atoms with Crippen molar-refractivity contribution in [3.63, 3.8) is 0 Å². The van der Waals surface area contributed by atoms with Crippen LogP contribution in [0.2, 0.25) is 0 Å². The number of aryl methyl sites for hydroxylation is 1. The van der Waals surface area contributed by atoms with Crippen molar-refractivity contribution in [2.45, 2.75) is 20.4 Å². The van der Waals surface area contributed by atoms with Crippen molar-refractivity contribution >= 4 is 28.5 Å². The fourth-order valence-electron chi connectivity index (χ4n) is 1.73. The Kier molecular flexibility index (Phi) is 3.63. The highest BCUT2D eigenvalue weighted by Crippen LogP contribution is 2.12. The monoisotopic (exact) mass is 278 g/mol. The number of hydrogen-bond acceptors (Lipinski definition) is 3. The van der Waals surface area contributed by atoms with E-state index in [-0.39, 0.29) is 4.87 Å². The lowest BCUT2D eigenvalue weighted by molar-refractivity contribution is 0.751. The lowest BCUT2D eigenvalue weighted by Crippen LogP contribution is -2.15. The summed E-state index contributed by atoms with van der Waals surface area (Å²) in [6.45, 7) is 4.52. The van der Waals surface area contributed by atoms with Crippen LogP contribution in [-0.4, -0.2) is 9.56 Å². The van der Waals surface area contributed by atoms with Crippen LogP contribution < -0.4 is 10.6 Å². The summed E-state index contributed by atoms with van der Waals surface area (Å²) >= 11 is 6.19. The van der Waals surface area contributed by atoms with Crippen LogP contribution in [0.25, 0.3) is 0 Å². The number of thiocarbonyl (C=S) groups is 1. The molecule has 0 saturated heterocycles. The predicted molar refractivity (Wildman–Crippen MR) is 79.5 cm³/mol. The molecule has 3 nitrogen and oxygen atoms in total. The lowest BCUT2D eigenvalue weighted by Gasteiger charge is -2.06. The number of nitrogens with zero attached hydrogens (tertiary/aromatic N) is 1. The summed E-state index contributed by atoms with van der Waals surface area (Å²) in [4.78, 5) is 13.3. The van der Waals surface area contributed by atoms with Gasteiger partial charge in [0.05, 0.1) is 6.54 Å². The zero-order valence-electron chi connectivity index (χ0n) is 10.3. The van der Waals surface area contributed by atoms with Gasteiger partial charge in [-0.1, -0.05) is 47.8 Å². The van der Waals surface area contributed by atoms with Crippen molar-refractivity contribution in [2.75, 3.05) is 0 Å². The van der Waals surface area contributed by atoms with Gasteiger partial charge in [0, 0.05) is 16.1 Å². The summed E-state index contributed by atoms with van der Waals surface area (Å²) in [5.74, 6) is 0. The Morgan fingerprint density at radius 2 is 1.94 bits per heavy atom. The summed E-state index contributed by atoms with van der Waals surface area (Å²) in [6.07, 6.45) is 0. The van der Waals surface area contributed by atoms with Gasteiger partial charge in [-0.25, -0.2) is 0 Å². The maximum absolute atomic E-state index is 11.8. The van der Waals surface area contributed by atoms with Crippen molar-refractivity contribution in [1.82, 2.24) is 4.57 Å². The van der Waals surface area contributed by atoms with Crippen LogP contribution in [0.1, 0.15) is 21.7 Å². The van der Waals surface area contributed by atoms with E-state index < -0.39 is 0 Å². The highest BCUT2D eigenvalue weighted by atomic mass is 32.1. The maximum Gasteiger partial charge on any atom is 0.307 e. The average molecular weight is 278 g/mol. The molecular weight excluding hydrogens is 264 g/mol. The van der Waals surface area contributed by atoms with E-state index in [1.54, 1.807) is 4.57 Å². The Bertz CT molecular complexity index is 638. The van der Waals surface area contributed by atoms with Gasteiger partial charge in [-0.05, 0) is 19.4 Å². The minimum atomic E-state index is 0.0865. The molecule has 94 valence electrons. The molecule has 2 aromatic rings. The second kappa shape index (κ2) is 5.04. The van der Waals surface area contributed by atoms with Gasteiger partial charge < -0.3 is 5.73 Å². The first kappa shape index (κ1) is 13.0. The quantitative estimate of drug-likeness (QED) is 0.876. The number of nitrogens with two attached hydrogens (primary N) is 1. The lowest BCUT2D eigenvalue weighted by atomic mass is 10.1. The first-order valence-corrected chi connectivity index (χ1v) is 6.77. The number of hydrogen-bond donors (Lipinski definition) is 1. The third kappa shape index (κ3) is 2.52. The van der Waals surface area contributed by atoms with Gasteiger partial charge in [0.15, 0.2) is 0 Å². The van der Waals surface area contributed by atoms with Crippen LogP contribution in [0, 0.1) is 13.8 Å². The highest BCUT2D eigenvalue weighted by molar-refractivity contribution is 7.80. The van der Waals surface area contributed by atoms with E-state index in [0.29, 0.717) is 11.5 Å². The summed E-state index contributed by atoms with van der Waals surface area (Å²) in [7, 11) is 0. The van der Waals surface area contributed by atoms with Crippen molar-refractivity contribution in [3.8, 4) is 0 Å². The molecule has 0 unspecified atom stereocenters. The number of aromatic nitrogens is 1. The molecule has 1 aromatic carbocycles. The third-order valence-corrected chi connectivity index (χ3v) is 4.19. The first-order chi connectivity index (χ1) is 8.49. The molecule has 0 aliphatic heterocycles. The summed E-state index contributed by atoms with van der Waals surface area (Å²) in [5.41, 5.74) is 8.49. The highest BCUT2D eigenvalue weighted by Gasteiger charge is 2.07. The minimum absolute atomic E-state index is 0.0865. The molecule has 2 N–H and O–H groups in total. The molecule has 0 aliphatic carbocycles. The van der Waals surface area contributed by atoms with E-state index in [9.17, 15) is 4.79 Å². The molecule has 2 rings (SSSR count). The van der Waals surface area contributed by atoms with Crippen LogP contribution in [0.3, 0.4) is 0 Å². The Balaban J connectivity index is 2.29. The molecule has 0 radical (unpaired) electrons. The van der Waals surface area contributed by atoms with E-state index in [1.165, 1.54) is 11.3 Å². The average Bonchev–Trinajstić information content (AvgIpc) is 2.57. The normalized spacial score (nSPS) is 10.6. The zero-order valence-corrected chi connectivity index (χ0v) is 11.9. The van der Waals surface area contributed by atoms with Crippen molar-refractivity contribution in [1.29, 1.82) is 0 Å². The van der Waals surface area contributed by atoms with E-state index in [4.69, 9.17) is 18.0 Å². The van der Waals surface area contributed by atoms with Gasteiger partial charge in [0.25, 0.3) is 0 Å². The summed E-state index contributed by atoms with van der Waals surface area (Å²) in [5, 5.41) is 0. The van der Waals surface area contributed by atoms with Gasteiger partial charge >= 0.3 is 4.87 Å². The Morgan fingerprint density at radius 1 is 1.33 bits per heavy atom. The Hall–Kier alpha value is -1.46. The Labute approximate surface area is 115 Å². The smallest absolute Gasteiger partial charge is 0.307 e. The number of thiazole rings is 1. The molecule has 1 heterocycles. The van der Waals surface area contributed by atoms with Crippen molar-refractivity contribution < 1.29 is 0 Å². The van der Waals surface area contributed by atoms with E-state index in [1.807, 2.05) is 38.1 Å². The van der Waals surface area contributed by atoms with Crippen LogP contribution in [0.5, 0.6) is 0 Å². The maximum atomic E-state index is 11.8. The molecule has 1 aromatic heterocycles.